The molecule has 1 aromatic heterocycles. The van der Waals surface area contributed by atoms with Crippen LogP contribution in [0.5, 0.6) is 5.75 Å². The number of thioether (sulfide) groups is 1. The van der Waals surface area contributed by atoms with Gasteiger partial charge in [-0.15, -0.1) is 23.1 Å². The van der Waals surface area contributed by atoms with Gasteiger partial charge in [0.2, 0.25) is 0 Å². The molecular weight excluding hydrogens is 586 g/mol. The molecule has 1 aromatic carbocycles. The number of carbonyl (C=O) groups excluding carboxylic acids is 4. The summed E-state index contributed by atoms with van der Waals surface area (Å²) in [4.78, 5) is 61.1. The van der Waals surface area contributed by atoms with Crippen molar-refractivity contribution in [2.24, 2.45) is 5.16 Å². The van der Waals surface area contributed by atoms with E-state index in [0.717, 1.165) is 28.2 Å². The number of esters is 2. The number of oxime groups is 1. The van der Waals surface area contributed by atoms with E-state index in [1.54, 1.807) is 24.6 Å². The maximum Gasteiger partial charge on any atom is 0.355 e. The van der Waals surface area contributed by atoms with Crippen molar-refractivity contribution in [3.05, 3.63) is 57.7 Å². The van der Waals surface area contributed by atoms with Gasteiger partial charge in [-0.05, 0) is 30.2 Å². The number of nitrogens with one attached hydrogen (secondary N) is 1. The van der Waals surface area contributed by atoms with Gasteiger partial charge in [0.1, 0.15) is 48.9 Å². The van der Waals surface area contributed by atoms with E-state index < -0.39 is 35.2 Å². The van der Waals surface area contributed by atoms with E-state index in [9.17, 15) is 19.2 Å². The van der Waals surface area contributed by atoms with Crippen molar-refractivity contribution < 1.29 is 38.2 Å². The molecule has 2 amide bonds. The Kier molecular flexibility index (Phi) is 9.85. The predicted molar refractivity (Wildman–Crippen MR) is 156 cm³/mol. The van der Waals surface area contributed by atoms with Crippen LogP contribution < -0.4 is 15.8 Å². The minimum atomic E-state index is -0.963. The smallest absolute Gasteiger partial charge is 0.355 e. The van der Waals surface area contributed by atoms with Crippen LogP contribution in [0, 0.1) is 6.92 Å². The normalized spacial score (nSPS) is 18.3. The summed E-state index contributed by atoms with van der Waals surface area (Å²) in [6.45, 7) is 2.90. The summed E-state index contributed by atoms with van der Waals surface area (Å²) in [6.07, 6.45) is 3.47. The summed E-state index contributed by atoms with van der Waals surface area (Å²) in [6, 6.07) is 4.64. The summed E-state index contributed by atoms with van der Waals surface area (Å²) >= 11 is 2.43. The molecule has 42 heavy (non-hydrogen) atoms. The fraction of sp³-hybridized carbons (Fsp3) is 0.333. The average Bonchev–Trinajstić information content (AvgIpc) is 3.41. The molecule has 15 heteroatoms. The molecule has 2 aliphatic heterocycles. The number of amides is 2. The zero-order chi connectivity index (χ0) is 30.4. The first-order chi connectivity index (χ1) is 20.2. The summed E-state index contributed by atoms with van der Waals surface area (Å²) in [5, 5.41) is 7.55. The van der Waals surface area contributed by atoms with Crippen molar-refractivity contribution in [2.45, 2.75) is 25.3 Å². The van der Waals surface area contributed by atoms with Crippen LogP contribution in [0.1, 0.15) is 23.7 Å². The Hall–Kier alpha value is -4.37. The van der Waals surface area contributed by atoms with Crippen molar-refractivity contribution in [1.29, 1.82) is 0 Å². The average molecular weight is 616 g/mol. The second kappa shape index (κ2) is 13.5. The first-order valence-electron chi connectivity index (χ1n) is 12.6. The number of aromatic nitrogens is 1. The number of rotatable bonds is 11. The Bertz CT molecular complexity index is 1480. The van der Waals surface area contributed by atoms with Crippen LogP contribution in [-0.4, -0.2) is 84.0 Å². The van der Waals surface area contributed by atoms with Gasteiger partial charge < -0.3 is 30.1 Å². The number of anilines is 1. The molecule has 0 aliphatic carbocycles. The fourth-order valence-electron chi connectivity index (χ4n) is 4.27. The Labute approximate surface area is 249 Å². The number of nitrogen functional groups attached to an aromatic ring is 1. The molecule has 3 N–H and O–H groups in total. The number of β-lactam (4-membered cyclic amide) rings is 1. The standard InChI is InChI=1S/C27H29N5O8S2/c1-14-16(7-5-9-19(14)37-3)8-6-10-39-26(36)22-17(11-40-15(2)33)12-41-25-21(24(35)32(22)25)30-23(34)20(31-38-4)18-13-42-27(28)29-18/h5-9,13,21,25H,10-12H2,1-4H3,(H2,28,29)(H,30,34)/t21?,25-/m0/s1. The first kappa shape index (κ1) is 30.6. The van der Waals surface area contributed by atoms with E-state index in [1.165, 1.54) is 30.7 Å². The van der Waals surface area contributed by atoms with E-state index in [1.807, 2.05) is 25.1 Å². The Morgan fingerprint density at radius 3 is 2.71 bits per heavy atom. The van der Waals surface area contributed by atoms with Gasteiger partial charge >= 0.3 is 11.9 Å². The van der Waals surface area contributed by atoms with Gasteiger partial charge in [-0.1, -0.05) is 23.4 Å². The number of hydrogen-bond donors (Lipinski definition) is 2. The number of carbonyl (C=O) groups is 4. The van der Waals surface area contributed by atoms with Crippen LogP contribution in [0.2, 0.25) is 0 Å². The zero-order valence-electron chi connectivity index (χ0n) is 23.2. The lowest BCUT2D eigenvalue weighted by molar-refractivity contribution is -0.152. The molecule has 2 aromatic rings. The van der Waals surface area contributed by atoms with Gasteiger partial charge in [0.15, 0.2) is 10.8 Å². The monoisotopic (exact) mass is 615 g/mol. The van der Waals surface area contributed by atoms with E-state index in [4.69, 9.17) is 24.8 Å². The van der Waals surface area contributed by atoms with Crippen LogP contribution in [0.15, 0.2) is 46.1 Å². The second-order valence-corrected chi connectivity index (χ2v) is 11.0. The topological polar surface area (TPSA) is 172 Å². The lowest BCUT2D eigenvalue weighted by Gasteiger charge is -2.49. The largest absolute Gasteiger partial charge is 0.496 e. The minimum Gasteiger partial charge on any atom is -0.496 e. The molecule has 222 valence electrons. The highest BCUT2D eigenvalue weighted by atomic mass is 32.2. The van der Waals surface area contributed by atoms with E-state index >= 15 is 0 Å². The third-order valence-electron chi connectivity index (χ3n) is 6.29. The summed E-state index contributed by atoms with van der Waals surface area (Å²) in [5.74, 6) is -1.53. The zero-order valence-corrected chi connectivity index (χ0v) is 24.9. The van der Waals surface area contributed by atoms with E-state index in [2.05, 4.69) is 15.5 Å². The maximum atomic E-state index is 13.3. The van der Waals surface area contributed by atoms with Crippen molar-refractivity contribution in [1.82, 2.24) is 15.2 Å². The van der Waals surface area contributed by atoms with Gasteiger partial charge in [-0.25, -0.2) is 9.78 Å². The number of thiazole rings is 1. The van der Waals surface area contributed by atoms with Crippen LogP contribution >= 0.6 is 23.1 Å². The lowest BCUT2D eigenvalue weighted by Crippen LogP contribution is -2.71. The molecule has 2 aliphatic rings. The van der Waals surface area contributed by atoms with Crippen molar-refractivity contribution >= 4 is 63.8 Å². The summed E-state index contributed by atoms with van der Waals surface area (Å²) in [5.41, 5.74) is 7.95. The molecule has 1 saturated heterocycles. The van der Waals surface area contributed by atoms with Gasteiger partial charge in [0.25, 0.3) is 11.8 Å². The number of benzene rings is 1. The van der Waals surface area contributed by atoms with Crippen molar-refractivity contribution in [3.8, 4) is 5.75 Å². The highest BCUT2D eigenvalue weighted by Crippen LogP contribution is 2.41. The van der Waals surface area contributed by atoms with E-state index in [-0.39, 0.29) is 41.2 Å². The molecule has 13 nitrogen and oxygen atoms in total. The molecule has 1 unspecified atom stereocenters. The third-order valence-corrected chi connectivity index (χ3v) is 8.31. The number of nitrogens with two attached hydrogens (primary N) is 1. The Morgan fingerprint density at radius 1 is 1.26 bits per heavy atom. The highest BCUT2D eigenvalue weighted by Gasteiger charge is 2.54. The van der Waals surface area contributed by atoms with Gasteiger partial charge in [-0.2, -0.15) is 0 Å². The lowest BCUT2D eigenvalue weighted by atomic mass is 10.0. The number of fused-ring (bicyclic) bond motifs is 1. The molecule has 3 heterocycles. The molecular formula is C27H29N5O8S2. The SMILES string of the molecule is CON=C(C(=O)NC1C(=O)N2C(C(=O)OCC=Cc3cccc(OC)c3C)=C(COC(C)=O)CS[C@@H]12)c1csc(N)n1. The maximum absolute atomic E-state index is 13.3. The van der Waals surface area contributed by atoms with Crippen LogP contribution in [-0.2, 0) is 33.5 Å². The quantitative estimate of drug-likeness (QED) is 0.164. The minimum absolute atomic E-state index is 0.0143. The molecule has 2 atom stereocenters. The molecule has 4 rings (SSSR count). The summed E-state index contributed by atoms with van der Waals surface area (Å²) in [7, 11) is 2.86. The summed E-state index contributed by atoms with van der Waals surface area (Å²) < 4.78 is 15.9. The van der Waals surface area contributed by atoms with Crippen LogP contribution in [0.4, 0.5) is 5.13 Å². The predicted octanol–water partition coefficient (Wildman–Crippen LogP) is 1.87. The Balaban J connectivity index is 1.48. The number of methoxy groups -OCH3 is 1. The molecule has 0 radical (unpaired) electrons. The molecule has 0 bridgehead atoms. The molecule has 1 fully saturated rings. The third kappa shape index (κ3) is 6.57. The highest BCUT2D eigenvalue weighted by molar-refractivity contribution is 8.00. The second-order valence-electron chi connectivity index (χ2n) is 8.96. The van der Waals surface area contributed by atoms with Crippen molar-refractivity contribution in [2.75, 3.05) is 38.9 Å². The van der Waals surface area contributed by atoms with Gasteiger partial charge in [0.05, 0.1) is 7.11 Å². The molecule has 0 spiro atoms. The Morgan fingerprint density at radius 2 is 2.05 bits per heavy atom. The van der Waals surface area contributed by atoms with E-state index in [0.29, 0.717) is 5.57 Å². The molecule has 0 saturated carbocycles. The first-order valence-corrected chi connectivity index (χ1v) is 14.5. The number of nitrogens with zero attached hydrogens (tertiary/aromatic N) is 3. The number of ether oxygens (including phenoxy) is 3. The van der Waals surface area contributed by atoms with Crippen LogP contribution in [0.3, 0.4) is 0 Å². The fourth-order valence-corrected chi connectivity index (χ4v) is 6.15. The van der Waals surface area contributed by atoms with Gasteiger partial charge in [-0.3, -0.25) is 19.3 Å². The number of hydrogen-bond acceptors (Lipinski definition) is 13. The van der Waals surface area contributed by atoms with Crippen molar-refractivity contribution in [3.63, 3.8) is 0 Å². The van der Waals surface area contributed by atoms with Gasteiger partial charge in [0, 0.05) is 23.6 Å². The van der Waals surface area contributed by atoms with Crippen LogP contribution in [0.25, 0.3) is 6.08 Å².